The van der Waals surface area contributed by atoms with E-state index in [4.69, 9.17) is 4.84 Å². The monoisotopic (exact) mass is 317 g/mol. The van der Waals surface area contributed by atoms with Gasteiger partial charge in [-0.2, -0.15) is 0 Å². The number of hydrogen-bond donors (Lipinski definition) is 0. The van der Waals surface area contributed by atoms with Gasteiger partial charge in [0.25, 0.3) is 0 Å². The van der Waals surface area contributed by atoms with Crippen molar-refractivity contribution in [3.05, 3.63) is 35.5 Å². The second kappa shape index (κ2) is 6.07. The van der Waals surface area contributed by atoms with Gasteiger partial charge in [-0.15, -0.1) is 11.3 Å². The summed E-state index contributed by atoms with van der Waals surface area (Å²) in [5, 5.41) is 5.43. The Kier molecular flexibility index (Phi) is 3.94. The summed E-state index contributed by atoms with van der Waals surface area (Å²) in [5.74, 6) is 0.645. The lowest BCUT2D eigenvalue weighted by Crippen LogP contribution is -2.38. The Morgan fingerprint density at radius 3 is 3.27 bits per heavy atom. The van der Waals surface area contributed by atoms with Crippen LogP contribution in [0.4, 0.5) is 10.7 Å². The third-order valence-electron chi connectivity index (χ3n) is 4.74. The van der Waals surface area contributed by atoms with Crippen molar-refractivity contribution >= 4 is 22.0 Å². The van der Waals surface area contributed by atoms with Gasteiger partial charge < -0.3 is 9.80 Å². The number of anilines is 2. The second-order valence-corrected chi connectivity index (χ2v) is 7.10. The first-order valence-corrected chi connectivity index (χ1v) is 9.11. The van der Waals surface area contributed by atoms with E-state index in [0.717, 1.165) is 19.7 Å². The van der Waals surface area contributed by atoms with E-state index in [1.165, 1.54) is 42.3 Å². The minimum absolute atomic E-state index is 0.645. The molecule has 0 spiro atoms. The van der Waals surface area contributed by atoms with Gasteiger partial charge in [-0.3, -0.25) is 4.84 Å². The Hall–Kier alpha value is -1.30. The highest BCUT2D eigenvalue weighted by atomic mass is 32.1. The Bertz CT molecular complexity index is 594. The molecule has 0 saturated carbocycles. The normalized spacial score (nSPS) is 24.4. The van der Waals surface area contributed by atoms with E-state index in [9.17, 15) is 0 Å². The lowest BCUT2D eigenvalue weighted by molar-refractivity contribution is 0.0599. The van der Waals surface area contributed by atoms with Crippen LogP contribution in [-0.2, 0) is 4.84 Å². The van der Waals surface area contributed by atoms with Crippen molar-refractivity contribution in [3.63, 3.8) is 0 Å². The summed E-state index contributed by atoms with van der Waals surface area (Å²) in [4.78, 5) is 11.1. The van der Waals surface area contributed by atoms with E-state index in [-0.39, 0.29) is 0 Å². The Labute approximate surface area is 136 Å². The average Bonchev–Trinajstić information content (AvgIpc) is 3.20. The molecule has 0 amide bonds. The molecule has 1 aromatic rings. The van der Waals surface area contributed by atoms with Crippen LogP contribution in [0.3, 0.4) is 0 Å². The highest BCUT2D eigenvalue weighted by Crippen LogP contribution is 2.42. The zero-order valence-corrected chi connectivity index (χ0v) is 13.9. The molecule has 0 aliphatic carbocycles. The van der Waals surface area contributed by atoms with Crippen molar-refractivity contribution in [2.75, 3.05) is 42.7 Å². The van der Waals surface area contributed by atoms with Crippen LogP contribution in [-0.4, -0.2) is 37.7 Å². The predicted octanol–water partition coefficient (Wildman–Crippen LogP) is 3.45. The summed E-state index contributed by atoms with van der Waals surface area (Å²) >= 11 is 1.79. The van der Waals surface area contributed by atoms with Gasteiger partial charge in [-0.05, 0) is 49.4 Å². The number of hydroxylamine groups is 1. The van der Waals surface area contributed by atoms with E-state index >= 15 is 0 Å². The van der Waals surface area contributed by atoms with Gasteiger partial charge >= 0.3 is 0 Å². The summed E-state index contributed by atoms with van der Waals surface area (Å²) < 4.78 is 0. The van der Waals surface area contributed by atoms with Crippen LogP contribution in [0.5, 0.6) is 0 Å². The summed E-state index contributed by atoms with van der Waals surface area (Å²) in [7, 11) is 0. The standard InChI is InChI=1S/C17H23N3OS/c1-2-18-8-3-5-14(11-18)13-21-20-12-15-6-4-9-19(15)17-16(20)7-10-22-17/h4,6-7,10,12,14H,2-3,5,8-9,11,13H2,1H3. The number of allylic oxidation sites excluding steroid dienone is 1. The molecule has 1 atom stereocenters. The number of likely N-dealkylation sites (tertiary alicyclic amines) is 1. The van der Waals surface area contributed by atoms with Crippen molar-refractivity contribution in [3.8, 4) is 0 Å². The van der Waals surface area contributed by atoms with Crippen molar-refractivity contribution in [2.45, 2.75) is 19.8 Å². The Morgan fingerprint density at radius 2 is 2.36 bits per heavy atom. The van der Waals surface area contributed by atoms with Crippen LogP contribution in [0.25, 0.3) is 0 Å². The molecular formula is C17H23N3OS. The zero-order chi connectivity index (χ0) is 14.9. The van der Waals surface area contributed by atoms with Crippen LogP contribution in [0.2, 0.25) is 0 Å². The van der Waals surface area contributed by atoms with Crippen molar-refractivity contribution in [2.24, 2.45) is 5.92 Å². The number of piperidine rings is 1. The fourth-order valence-corrected chi connectivity index (χ4v) is 4.42. The largest absolute Gasteiger partial charge is 0.326 e. The highest BCUT2D eigenvalue weighted by molar-refractivity contribution is 7.15. The summed E-state index contributed by atoms with van der Waals surface area (Å²) in [5.41, 5.74) is 2.41. The molecule has 4 heterocycles. The first kappa shape index (κ1) is 14.3. The molecule has 4 rings (SSSR count). The van der Waals surface area contributed by atoms with Crippen LogP contribution >= 0.6 is 11.3 Å². The van der Waals surface area contributed by atoms with Gasteiger partial charge in [0.05, 0.1) is 18.5 Å². The molecule has 5 heteroatoms. The first-order valence-electron chi connectivity index (χ1n) is 8.23. The fraction of sp³-hybridized carbons (Fsp3) is 0.529. The number of rotatable bonds is 4. The maximum absolute atomic E-state index is 6.18. The minimum atomic E-state index is 0.645. The van der Waals surface area contributed by atoms with E-state index in [0.29, 0.717) is 5.92 Å². The molecule has 0 bridgehead atoms. The smallest absolute Gasteiger partial charge is 0.122 e. The lowest BCUT2D eigenvalue weighted by atomic mass is 9.99. The molecule has 22 heavy (non-hydrogen) atoms. The van der Waals surface area contributed by atoms with E-state index in [1.807, 2.05) is 5.06 Å². The molecule has 0 N–H and O–H groups in total. The molecule has 1 unspecified atom stereocenters. The van der Waals surface area contributed by atoms with Gasteiger partial charge in [-0.1, -0.05) is 13.0 Å². The Balaban J connectivity index is 1.44. The van der Waals surface area contributed by atoms with Gasteiger partial charge in [0.1, 0.15) is 10.7 Å². The first-order chi connectivity index (χ1) is 10.8. The molecule has 0 radical (unpaired) electrons. The molecule has 3 aliphatic heterocycles. The van der Waals surface area contributed by atoms with Crippen molar-refractivity contribution in [1.29, 1.82) is 0 Å². The van der Waals surface area contributed by atoms with Gasteiger partial charge in [0.15, 0.2) is 0 Å². The maximum atomic E-state index is 6.18. The van der Waals surface area contributed by atoms with E-state index < -0.39 is 0 Å². The average molecular weight is 317 g/mol. The number of nitrogens with zero attached hydrogens (tertiary/aromatic N) is 3. The van der Waals surface area contributed by atoms with Crippen molar-refractivity contribution < 1.29 is 4.84 Å². The molecule has 1 fully saturated rings. The van der Waals surface area contributed by atoms with Gasteiger partial charge in [-0.25, -0.2) is 5.06 Å². The third-order valence-corrected chi connectivity index (χ3v) is 5.67. The molecule has 3 aliphatic rings. The third kappa shape index (κ3) is 2.57. The number of thiophene rings is 1. The SMILES string of the molecule is CCN1CCCC(CON2C=C3C=CCN3c3sccc32)C1. The quantitative estimate of drug-likeness (QED) is 0.846. The molecule has 0 aromatic carbocycles. The van der Waals surface area contributed by atoms with Crippen LogP contribution < -0.4 is 9.96 Å². The topological polar surface area (TPSA) is 19.0 Å². The molecular weight excluding hydrogens is 294 g/mol. The second-order valence-electron chi connectivity index (χ2n) is 6.20. The highest BCUT2D eigenvalue weighted by Gasteiger charge is 2.28. The van der Waals surface area contributed by atoms with Crippen LogP contribution in [0.15, 0.2) is 35.5 Å². The summed E-state index contributed by atoms with van der Waals surface area (Å²) in [6.07, 6.45) is 9.09. The molecule has 4 nitrogen and oxygen atoms in total. The number of fused-ring (bicyclic) bond motifs is 3. The van der Waals surface area contributed by atoms with Gasteiger partial charge in [0.2, 0.25) is 0 Å². The zero-order valence-electron chi connectivity index (χ0n) is 13.1. The summed E-state index contributed by atoms with van der Waals surface area (Å²) in [6.45, 7) is 7.59. The lowest BCUT2D eigenvalue weighted by Gasteiger charge is -2.34. The van der Waals surface area contributed by atoms with Crippen molar-refractivity contribution in [1.82, 2.24) is 4.90 Å². The molecule has 1 saturated heterocycles. The Morgan fingerprint density at radius 1 is 1.41 bits per heavy atom. The molecule has 1 aromatic heterocycles. The van der Waals surface area contributed by atoms with Crippen LogP contribution in [0, 0.1) is 5.92 Å². The van der Waals surface area contributed by atoms with E-state index in [1.54, 1.807) is 11.3 Å². The van der Waals surface area contributed by atoms with Gasteiger partial charge in [0, 0.05) is 13.1 Å². The summed E-state index contributed by atoms with van der Waals surface area (Å²) in [6, 6.07) is 2.16. The number of hydrogen-bond acceptors (Lipinski definition) is 5. The fourth-order valence-electron chi connectivity index (χ4n) is 3.51. The predicted molar refractivity (Wildman–Crippen MR) is 92.2 cm³/mol. The molecule has 118 valence electrons. The maximum Gasteiger partial charge on any atom is 0.122 e. The van der Waals surface area contributed by atoms with Crippen LogP contribution in [0.1, 0.15) is 19.8 Å². The van der Waals surface area contributed by atoms with E-state index in [2.05, 4.69) is 46.5 Å². The minimum Gasteiger partial charge on any atom is -0.326 e.